The van der Waals surface area contributed by atoms with Gasteiger partial charge in [-0.25, -0.2) is 17.5 Å². The van der Waals surface area contributed by atoms with Crippen LogP contribution in [-0.2, 0) is 24.3 Å². The van der Waals surface area contributed by atoms with E-state index in [1.54, 1.807) is 31.2 Å². The molecule has 1 aliphatic rings. The lowest BCUT2D eigenvalue weighted by Crippen LogP contribution is -2.45. The number of nitrogens with zero attached hydrogens (tertiary/aromatic N) is 1. The Morgan fingerprint density at radius 3 is 2.35 bits per heavy atom. The number of carbonyl (C=O) groups excluding carboxylic acids is 2. The highest BCUT2D eigenvalue weighted by molar-refractivity contribution is 9.10. The number of carbonyl (C=O) groups is 2. The van der Waals surface area contributed by atoms with Gasteiger partial charge < -0.3 is 10.1 Å². The van der Waals surface area contributed by atoms with Crippen LogP contribution in [0.25, 0.3) is 0 Å². The summed E-state index contributed by atoms with van der Waals surface area (Å²) < 4.78 is 30.9. The number of piperidine rings is 1. The van der Waals surface area contributed by atoms with Crippen LogP contribution in [0.3, 0.4) is 0 Å². The van der Waals surface area contributed by atoms with Crippen molar-refractivity contribution in [3.63, 3.8) is 0 Å². The molecule has 0 radical (unpaired) electrons. The maximum Gasteiger partial charge on any atom is 0.333 e. The molecule has 1 unspecified atom stereocenters. The van der Waals surface area contributed by atoms with Gasteiger partial charge in [0.15, 0.2) is 6.04 Å². The molecule has 26 heavy (non-hydrogen) atoms. The van der Waals surface area contributed by atoms with Crippen molar-refractivity contribution >= 4 is 37.8 Å². The minimum atomic E-state index is -3.23. The fraction of sp³-hybridized carbons (Fsp3) is 0.529. The third-order valence-corrected chi connectivity index (χ3v) is 6.92. The van der Waals surface area contributed by atoms with Crippen LogP contribution in [0.2, 0.25) is 0 Å². The summed E-state index contributed by atoms with van der Waals surface area (Å²) in [4.78, 5) is 24.7. The van der Waals surface area contributed by atoms with Gasteiger partial charge in [-0.15, -0.1) is 0 Å². The van der Waals surface area contributed by atoms with Gasteiger partial charge in [0.1, 0.15) is 0 Å². The second kappa shape index (κ2) is 8.96. The van der Waals surface area contributed by atoms with Crippen LogP contribution in [-0.4, -0.2) is 50.6 Å². The Kier molecular flexibility index (Phi) is 7.19. The molecule has 1 heterocycles. The van der Waals surface area contributed by atoms with Crippen molar-refractivity contribution in [1.82, 2.24) is 9.62 Å². The summed E-state index contributed by atoms with van der Waals surface area (Å²) in [5, 5.41) is 2.74. The van der Waals surface area contributed by atoms with E-state index in [9.17, 15) is 18.0 Å². The fourth-order valence-electron chi connectivity index (χ4n) is 2.89. The Balaban J connectivity index is 2.04. The van der Waals surface area contributed by atoms with Crippen molar-refractivity contribution in [2.75, 3.05) is 26.0 Å². The van der Waals surface area contributed by atoms with E-state index >= 15 is 0 Å². The van der Waals surface area contributed by atoms with Crippen LogP contribution in [0.1, 0.15) is 31.4 Å². The zero-order valence-electron chi connectivity index (χ0n) is 14.8. The largest absolute Gasteiger partial charge is 0.467 e. The standard InChI is InChI=1S/C17H23BrN2O5S/c1-3-26(23,24)20-10-8-13(9-11-20)16(21)19-15(17(22)25-2)12-4-6-14(18)7-5-12/h4-7,13,15H,3,8-11H2,1-2H3,(H,19,21). The lowest BCUT2D eigenvalue weighted by Gasteiger charge is -2.31. The molecular formula is C17H23BrN2O5S. The number of rotatable bonds is 6. The molecule has 0 spiro atoms. The Bertz CT molecular complexity index is 743. The van der Waals surface area contributed by atoms with Gasteiger partial charge in [-0.3, -0.25) is 4.79 Å². The molecule has 0 bridgehead atoms. The average Bonchev–Trinajstić information content (AvgIpc) is 2.66. The summed E-state index contributed by atoms with van der Waals surface area (Å²) in [5.41, 5.74) is 0.624. The topological polar surface area (TPSA) is 92.8 Å². The number of amides is 1. The van der Waals surface area contributed by atoms with Crippen molar-refractivity contribution in [2.45, 2.75) is 25.8 Å². The van der Waals surface area contributed by atoms with Crippen molar-refractivity contribution < 1.29 is 22.7 Å². The maximum absolute atomic E-state index is 12.6. The first kappa shape index (κ1) is 20.9. The number of sulfonamides is 1. The van der Waals surface area contributed by atoms with Crippen LogP contribution in [0.4, 0.5) is 0 Å². The Morgan fingerprint density at radius 2 is 1.85 bits per heavy atom. The molecule has 1 fully saturated rings. The van der Waals surface area contributed by atoms with E-state index in [-0.39, 0.29) is 17.6 Å². The molecule has 1 saturated heterocycles. The monoisotopic (exact) mass is 446 g/mol. The van der Waals surface area contributed by atoms with Crippen molar-refractivity contribution in [3.05, 3.63) is 34.3 Å². The van der Waals surface area contributed by atoms with Gasteiger partial charge in [0.05, 0.1) is 12.9 Å². The van der Waals surface area contributed by atoms with Crippen LogP contribution in [0.15, 0.2) is 28.7 Å². The van der Waals surface area contributed by atoms with E-state index in [4.69, 9.17) is 4.74 Å². The van der Waals surface area contributed by atoms with E-state index in [0.29, 0.717) is 31.5 Å². The van der Waals surface area contributed by atoms with Gasteiger partial charge >= 0.3 is 5.97 Å². The van der Waals surface area contributed by atoms with Crippen molar-refractivity contribution in [3.8, 4) is 0 Å². The van der Waals surface area contributed by atoms with Gasteiger partial charge in [-0.2, -0.15) is 0 Å². The minimum Gasteiger partial charge on any atom is -0.467 e. The summed E-state index contributed by atoms with van der Waals surface area (Å²) in [6, 6.07) is 6.15. The van der Waals surface area contributed by atoms with Gasteiger partial charge in [0, 0.05) is 23.5 Å². The number of nitrogens with one attached hydrogen (secondary N) is 1. The van der Waals surface area contributed by atoms with E-state index in [2.05, 4.69) is 21.2 Å². The Morgan fingerprint density at radius 1 is 1.27 bits per heavy atom. The first-order valence-electron chi connectivity index (χ1n) is 8.40. The number of hydrogen-bond donors (Lipinski definition) is 1. The Labute approximate surface area is 162 Å². The normalized spacial score (nSPS) is 17.5. The fourth-order valence-corrected chi connectivity index (χ4v) is 4.29. The number of methoxy groups -OCH3 is 1. The summed E-state index contributed by atoms with van der Waals surface area (Å²) in [7, 11) is -1.96. The van der Waals surface area contributed by atoms with E-state index < -0.39 is 22.0 Å². The van der Waals surface area contributed by atoms with Gasteiger partial charge in [0.2, 0.25) is 15.9 Å². The molecule has 1 atom stereocenters. The highest BCUT2D eigenvalue weighted by Crippen LogP contribution is 2.23. The molecule has 0 aromatic heterocycles. The van der Waals surface area contributed by atoms with Crippen LogP contribution < -0.4 is 5.32 Å². The van der Waals surface area contributed by atoms with E-state index in [1.165, 1.54) is 11.4 Å². The molecule has 0 saturated carbocycles. The van der Waals surface area contributed by atoms with Crippen LogP contribution in [0.5, 0.6) is 0 Å². The second-order valence-electron chi connectivity index (χ2n) is 6.09. The van der Waals surface area contributed by atoms with Crippen LogP contribution >= 0.6 is 15.9 Å². The zero-order chi connectivity index (χ0) is 19.3. The van der Waals surface area contributed by atoms with E-state index in [1.807, 2.05) is 0 Å². The molecule has 9 heteroatoms. The summed E-state index contributed by atoms with van der Waals surface area (Å²) in [5.74, 6) is -1.10. The number of hydrogen-bond acceptors (Lipinski definition) is 5. The number of benzene rings is 1. The van der Waals surface area contributed by atoms with Gasteiger partial charge in [-0.05, 0) is 37.5 Å². The lowest BCUT2D eigenvalue weighted by molar-refractivity contribution is -0.146. The highest BCUT2D eigenvalue weighted by Gasteiger charge is 2.32. The predicted molar refractivity (Wildman–Crippen MR) is 101 cm³/mol. The molecule has 1 amide bonds. The third-order valence-electron chi connectivity index (χ3n) is 4.51. The molecule has 1 aromatic carbocycles. The van der Waals surface area contributed by atoms with E-state index in [0.717, 1.165) is 4.47 Å². The number of halogens is 1. The molecule has 1 N–H and O–H groups in total. The van der Waals surface area contributed by atoms with Crippen molar-refractivity contribution in [1.29, 1.82) is 0 Å². The quantitative estimate of drug-likeness (QED) is 0.672. The Hall–Kier alpha value is -1.45. The first-order valence-corrected chi connectivity index (χ1v) is 10.8. The zero-order valence-corrected chi connectivity index (χ0v) is 17.2. The summed E-state index contributed by atoms with van der Waals surface area (Å²) >= 11 is 3.33. The summed E-state index contributed by atoms with van der Waals surface area (Å²) in [6.45, 7) is 2.23. The van der Waals surface area contributed by atoms with Gasteiger partial charge in [0.25, 0.3) is 0 Å². The van der Waals surface area contributed by atoms with Gasteiger partial charge in [-0.1, -0.05) is 28.1 Å². The molecule has 1 aromatic rings. The van der Waals surface area contributed by atoms with Crippen molar-refractivity contribution in [2.24, 2.45) is 5.92 Å². The van der Waals surface area contributed by atoms with Crippen LogP contribution in [0, 0.1) is 5.92 Å². The maximum atomic E-state index is 12.6. The lowest BCUT2D eigenvalue weighted by atomic mass is 9.96. The molecule has 7 nitrogen and oxygen atoms in total. The molecule has 144 valence electrons. The predicted octanol–water partition coefficient (Wildman–Crippen LogP) is 1.84. The first-order chi connectivity index (χ1) is 12.3. The SMILES string of the molecule is CCS(=O)(=O)N1CCC(C(=O)NC(C(=O)OC)c2ccc(Br)cc2)CC1. The molecule has 1 aliphatic heterocycles. The average molecular weight is 447 g/mol. The number of esters is 1. The smallest absolute Gasteiger partial charge is 0.333 e. The molecule has 2 rings (SSSR count). The molecular weight excluding hydrogens is 424 g/mol. The third kappa shape index (κ3) is 5.05. The second-order valence-corrected chi connectivity index (χ2v) is 9.26. The minimum absolute atomic E-state index is 0.0534. The summed E-state index contributed by atoms with van der Waals surface area (Å²) in [6.07, 6.45) is 0.860. The highest BCUT2D eigenvalue weighted by atomic mass is 79.9. The molecule has 0 aliphatic carbocycles. The number of ether oxygens (including phenoxy) is 1.